The molecule has 0 spiro atoms. The zero-order valence-corrected chi connectivity index (χ0v) is 13.9. The van der Waals surface area contributed by atoms with E-state index in [1.54, 1.807) is 24.1 Å². The Bertz CT molecular complexity index is 856. The lowest BCUT2D eigenvalue weighted by atomic mass is 9.96. The number of benzene rings is 1. The molecule has 0 bridgehead atoms. The van der Waals surface area contributed by atoms with Crippen LogP contribution in [0.25, 0.3) is 5.69 Å². The summed E-state index contributed by atoms with van der Waals surface area (Å²) in [5.41, 5.74) is 1.59. The van der Waals surface area contributed by atoms with Crippen LogP contribution in [0.3, 0.4) is 0 Å². The van der Waals surface area contributed by atoms with E-state index in [0.717, 1.165) is 25.1 Å². The van der Waals surface area contributed by atoms with Crippen LogP contribution in [0.15, 0.2) is 41.4 Å². The van der Waals surface area contributed by atoms with E-state index in [2.05, 4.69) is 20.3 Å². The fraction of sp³-hybridized carbons (Fsp3) is 0.353. The van der Waals surface area contributed by atoms with Crippen LogP contribution in [-0.4, -0.2) is 48.8 Å². The van der Waals surface area contributed by atoms with Crippen molar-refractivity contribution in [3.63, 3.8) is 0 Å². The molecular weight excluding hydrogens is 320 g/mol. The first-order valence-corrected chi connectivity index (χ1v) is 8.25. The molecule has 1 saturated heterocycles. The predicted molar refractivity (Wildman–Crippen MR) is 88.3 cm³/mol. The minimum absolute atomic E-state index is 0.0280. The monoisotopic (exact) mass is 338 g/mol. The first-order valence-electron chi connectivity index (χ1n) is 8.25. The number of nitrogens with zero attached hydrogens (tertiary/aromatic N) is 6. The van der Waals surface area contributed by atoms with Gasteiger partial charge in [-0.2, -0.15) is 4.98 Å². The molecule has 1 unspecified atom stereocenters. The van der Waals surface area contributed by atoms with Gasteiger partial charge in [0.1, 0.15) is 12.7 Å². The second kappa shape index (κ2) is 6.46. The number of rotatable bonds is 3. The first-order chi connectivity index (χ1) is 12.2. The molecule has 8 nitrogen and oxygen atoms in total. The lowest BCUT2D eigenvalue weighted by Gasteiger charge is -2.31. The quantitative estimate of drug-likeness (QED) is 0.725. The van der Waals surface area contributed by atoms with E-state index in [1.165, 1.54) is 0 Å². The molecule has 4 rings (SSSR count). The standard InChI is InChI=1S/C17H18N6O2/c1-12-20-16(21-25-12)14-3-2-8-22(9-14)17(24)13-4-6-15(7-5-13)23-10-18-19-11-23/h4-7,10-11,14H,2-3,8-9H2,1H3. The average Bonchev–Trinajstić information content (AvgIpc) is 3.33. The van der Waals surface area contributed by atoms with Crippen LogP contribution in [0.5, 0.6) is 0 Å². The normalized spacial score (nSPS) is 17.6. The lowest BCUT2D eigenvalue weighted by molar-refractivity contribution is 0.0703. The highest BCUT2D eigenvalue weighted by Gasteiger charge is 2.28. The third-order valence-corrected chi connectivity index (χ3v) is 4.45. The Labute approximate surface area is 144 Å². The van der Waals surface area contributed by atoms with Gasteiger partial charge in [-0.1, -0.05) is 5.16 Å². The van der Waals surface area contributed by atoms with E-state index in [1.807, 2.05) is 29.2 Å². The van der Waals surface area contributed by atoms with Crippen molar-refractivity contribution in [2.45, 2.75) is 25.7 Å². The van der Waals surface area contributed by atoms with Crippen LogP contribution in [0, 0.1) is 6.92 Å². The molecule has 25 heavy (non-hydrogen) atoms. The molecule has 0 saturated carbocycles. The van der Waals surface area contributed by atoms with Gasteiger partial charge in [-0.05, 0) is 37.1 Å². The third kappa shape index (κ3) is 3.15. The van der Waals surface area contributed by atoms with Crippen molar-refractivity contribution >= 4 is 5.91 Å². The second-order valence-corrected chi connectivity index (χ2v) is 6.18. The van der Waals surface area contributed by atoms with Crippen molar-refractivity contribution in [3.8, 4) is 5.69 Å². The van der Waals surface area contributed by atoms with Gasteiger partial charge >= 0.3 is 0 Å². The summed E-state index contributed by atoms with van der Waals surface area (Å²) >= 11 is 0. The Morgan fingerprint density at radius 2 is 1.96 bits per heavy atom. The number of piperidine rings is 1. The minimum atomic E-state index is 0.0280. The number of carbonyl (C=O) groups excluding carboxylic acids is 1. The maximum atomic E-state index is 12.8. The zero-order valence-electron chi connectivity index (χ0n) is 13.9. The van der Waals surface area contributed by atoms with Crippen LogP contribution < -0.4 is 0 Å². The number of amides is 1. The van der Waals surface area contributed by atoms with Crippen molar-refractivity contribution in [2.24, 2.45) is 0 Å². The van der Waals surface area contributed by atoms with Gasteiger partial charge in [0.25, 0.3) is 5.91 Å². The second-order valence-electron chi connectivity index (χ2n) is 6.18. The first kappa shape index (κ1) is 15.5. The van der Waals surface area contributed by atoms with Crippen LogP contribution >= 0.6 is 0 Å². The summed E-state index contributed by atoms with van der Waals surface area (Å²) in [6.07, 6.45) is 5.15. The van der Waals surface area contributed by atoms with E-state index in [-0.39, 0.29) is 11.8 Å². The van der Waals surface area contributed by atoms with Gasteiger partial charge in [0.2, 0.25) is 5.89 Å². The lowest BCUT2D eigenvalue weighted by Crippen LogP contribution is -2.39. The molecule has 1 aromatic carbocycles. The van der Waals surface area contributed by atoms with Crippen molar-refractivity contribution in [2.75, 3.05) is 13.1 Å². The molecule has 128 valence electrons. The highest BCUT2D eigenvalue weighted by atomic mass is 16.5. The smallest absolute Gasteiger partial charge is 0.253 e. The number of likely N-dealkylation sites (tertiary alicyclic amines) is 1. The van der Waals surface area contributed by atoms with E-state index in [0.29, 0.717) is 23.8 Å². The summed E-state index contributed by atoms with van der Waals surface area (Å²) in [4.78, 5) is 19.0. The van der Waals surface area contributed by atoms with Crippen LogP contribution in [0.2, 0.25) is 0 Å². The summed E-state index contributed by atoms with van der Waals surface area (Å²) in [6, 6.07) is 7.45. The highest BCUT2D eigenvalue weighted by Crippen LogP contribution is 2.26. The van der Waals surface area contributed by atoms with Crippen LogP contribution in [0.1, 0.15) is 40.8 Å². The molecule has 0 radical (unpaired) electrons. The third-order valence-electron chi connectivity index (χ3n) is 4.45. The number of carbonyl (C=O) groups is 1. The van der Waals surface area contributed by atoms with Gasteiger partial charge in [0, 0.05) is 37.2 Å². The Balaban J connectivity index is 1.48. The Morgan fingerprint density at radius 1 is 1.20 bits per heavy atom. The summed E-state index contributed by atoms with van der Waals surface area (Å²) in [6.45, 7) is 3.14. The molecule has 1 amide bonds. The number of hydrogen-bond donors (Lipinski definition) is 0. The molecule has 8 heteroatoms. The van der Waals surface area contributed by atoms with Crippen molar-refractivity contribution in [1.82, 2.24) is 29.8 Å². The fourth-order valence-electron chi connectivity index (χ4n) is 3.15. The van der Waals surface area contributed by atoms with E-state index in [4.69, 9.17) is 4.52 Å². The Hall–Kier alpha value is -3.03. The molecule has 2 aromatic heterocycles. The molecule has 1 atom stereocenters. The molecular formula is C17H18N6O2. The summed E-state index contributed by atoms with van der Waals surface area (Å²) in [7, 11) is 0. The molecule has 1 fully saturated rings. The molecule has 0 aliphatic carbocycles. The Kier molecular flexibility index (Phi) is 4.01. The van der Waals surface area contributed by atoms with Crippen molar-refractivity contribution < 1.29 is 9.32 Å². The Morgan fingerprint density at radius 3 is 2.64 bits per heavy atom. The van der Waals surface area contributed by atoms with Crippen LogP contribution in [0.4, 0.5) is 0 Å². The van der Waals surface area contributed by atoms with Gasteiger partial charge in [-0.3, -0.25) is 9.36 Å². The predicted octanol–water partition coefficient (Wildman–Crippen LogP) is 1.98. The molecule has 1 aliphatic heterocycles. The largest absolute Gasteiger partial charge is 0.340 e. The number of aryl methyl sites for hydroxylation is 1. The molecule has 1 aliphatic rings. The number of aromatic nitrogens is 5. The van der Waals surface area contributed by atoms with Gasteiger partial charge in [0.15, 0.2) is 5.82 Å². The van der Waals surface area contributed by atoms with Gasteiger partial charge in [-0.15, -0.1) is 10.2 Å². The molecule has 0 N–H and O–H groups in total. The number of hydrogen-bond acceptors (Lipinski definition) is 6. The van der Waals surface area contributed by atoms with Gasteiger partial charge in [0.05, 0.1) is 0 Å². The van der Waals surface area contributed by atoms with E-state index in [9.17, 15) is 4.79 Å². The van der Waals surface area contributed by atoms with Crippen molar-refractivity contribution in [3.05, 3.63) is 54.2 Å². The van der Waals surface area contributed by atoms with Crippen molar-refractivity contribution in [1.29, 1.82) is 0 Å². The summed E-state index contributed by atoms with van der Waals surface area (Å²) in [5.74, 6) is 1.41. The summed E-state index contributed by atoms with van der Waals surface area (Å²) in [5, 5.41) is 11.6. The van der Waals surface area contributed by atoms with Gasteiger partial charge < -0.3 is 9.42 Å². The molecule has 3 aromatic rings. The highest BCUT2D eigenvalue weighted by molar-refractivity contribution is 5.94. The fourth-order valence-corrected chi connectivity index (χ4v) is 3.15. The van der Waals surface area contributed by atoms with E-state index < -0.39 is 0 Å². The SMILES string of the molecule is Cc1nc(C2CCCN(C(=O)c3ccc(-n4cnnc4)cc3)C2)no1. The average molecular weight is 338 g/mol. The maximum Gasteiger partial charge on any atom is 0.253 e. The summed E-state index contributed by atoms with van der Waals surface area (Å²) < 4.78 is 6.86. The van der Waals surface area contributed by atoms with Crippen LogP contribution in [-0.2, 0) is 0 Å². The minimum Gasteiger partial charge on any atom is -0.340 e. The molecule has 3 heterocycles. The zero-order chi connectivity index (χ0) is 17.2. The topological polar surface area (TPSA) is 89.9 Å². The maximum absolute atomic E-state index is 12.8. The van der Waals surface area contributed by atoms with Gasteiger partial charge in [-0.25, -0.2) is 0 Å². The van der Waals surface area contributed by atoms with E-state index >= 15 is 0 Å².